The van der Waals surface area contributed by atoms with Gasteiger partial charge in [0.05, 0.1) is 6.04 Å². The highest BCUT2D eigenvalue weighted by Gasteiger charge is 2.26. The van der Waals surface area contributed by atoms with Gasteiger partial charge in [-0.3, -0.25) is 4.79 Å². The van der Waals surface area contributed by atoms with Gasteiger partial charge < -0.3 is 16.0 Å². The van der Waals surface area contributed by atoms with Crippen molar-refractivity contribution in [2.75, 3.05) is 26.2 Å². The van der Waals surface area contributed by atoms with Gasteiger partial charge in [-0.2, -0.15) is 0 Å². The second kappa shape index (κ2) is 13.6. The minimum absolute atomic E-state index is 0. The van der Waals surface area contributed by atoms with Gasteiger partial charge in [-0.25, -0.2) is 0 Å². The van der Waals surface area contributed by atoms with Crippen molar-refractivity contribution in [3.63, 3.8) is 0 Å². The highest BCUT2D eigenvalue weighted by atomic mass is 35.5. The van der Waals surface area contributed by atoms with Gasteiger partial charge in [-0.15, -0.1) is 24.8 Å². The Bertz CT molecular complexity index is 252. The molecular formula is C15H35Cl2N3O. The molecule has 1 amide bonds. The van der Waals surface area contributed by atoms with E-state index in [0.717, 1.165) is 26.1 Å². The lowest BCUT2D eigenvalue weighted by atomic mass is 9.87. The van der Waals surface area contributed by atoms with E-state index in [-0.39, 0.29) is 36.1 Å². The van der Waals surface area contributed by atoms with Gasteiger partial charge in [-0.1, -0.05) is 34.6 Å². The summed E-state index contributed by atoms with van der Waals surface area (Å²) in [6, 6.07) is -0.435. The monoisotopic (exact) mass is 343 g/mol. The van der Waals surface area contributed by atoms with Gasteiger partial charge in [0, 0.05) is 6.54 Å². The van der Waals surface area contributed by atoms with Crippen LogP contribution in [0.5, 0.6) is 0 Å². The molecule has 0 rings (SSSR count). The Balaban J connectivity index is -0.00000162. The zero-order valence-electron chi connectivity index (χ0n) is 14.3. The van der Waals surface area contributed by atoms with Gasteiger partial charge in [-0.05, 0) is 44.3 Å². The first kappa shape index (κ1) is 25.9. The molecule has 0 aromatic rings. The molecular weight excluding hydrogens is 309 g/mol. The number of carbonyl (C=O) groups excluding carboxylic acids is 1. The van der Waals surface area contributed by atoms with E-state index in [4.69, 9.17) is 5.73 Å². The third-order valence-electron chi connectivity index (χ3n) is 3.25. The van der Waals surface area contributed by atoms with Crippen LogP contribution in [0.1, 0.15) is 53.9 Å². The zero-order chi connectivity index (χ0) is 14.9. The molecule has 0 aromatic heterocycles. The predicted octanol–water partition coefficient (Wildman–Crippen LogP) is 2.83. The van der Waals surface area contributed by atoms with Crippen LogP contribution in [0.4, 0.5) is 0 Å². The second-order valence-electron chi connectivity index (χ2n) is 6.33. The number of halogens is 2. The van der Waals surface area contributed by atoms with Crippen molar-refractivity contribution in [2.45, 2.75) is 59.9 Å². The molecule has 0 heterocycles. The van der Waals surface area contributed by atoms with E-state index in [1.807, 2.05) is 20.8 Å². The third-order valence-corrected chi connectivity index (χ3v) is 3.25. The molecule has 0 aliphatic carbocycles. The number of amides is 1. The first-order valence-corrected chi connectivity index (χ1v) is 7.58. The fraction of sp³-hybridized carbons (Fsp3) is 0.933. The largest absolute Gasteiger partial charge is 0.355 e. The molecule has 0 saturated heterocycles. The molecule has 130 valence electrons. The number of carbonyl (C=O) groups is 1. The first-order valence-electron chi connectivity index (χ1n) is 7.58. The van der Waals surface area contributed by atoms with Crippen molar-refractivity contribution in [2.24, 2.45) is 11.1 Å². The van der Waals surface area contributed by atoms with E-state index in [2.05, 4.69) is 24.1 Å². The molecule has 0 spiro atoms. The summed E-state index contributed by atoms with van der Waals surface area (Å²) in [5, 5.41) is 2.94. The molecule has 0 bridgehead atoms. The van der Waals surface area contributed by atoms with Gasteiger partial charge in [0.15, 0.2) is 0 Å². The Kier molecular flexibility index (Phi) is 16.8. The highest BCUT2D eigenvalue weighted by molar-refractivity contribution is 5.85. The molecule has 0 aromatic carbocycles. The Morgan fingerprint density at radius 3 is 1.95 bits per heavy atom. The Hall–Kier alpha value is -0.0300. The number of nitrogens with zero attached hydrogens (tertiary/aromatic N) is 1. The Labute approximate surface area is 143 Å². The van der Waals surface area contributed by atoms with Crippen molar-refractivity contribution in [3.05, 3.63) is 0 Å². The van der Waals surface area contributed by atoms with Crippen LogP contribution in [0.3, 0.4) is 0 Å². The number of hydrogen-bond acceptors (Lipinski definition) is 3. The van der Waals surface area contributed by atoms with Crippen LogP contribution in [0.15, 0.2) is 0 Å². The summed E-state index contributed by atoms with van der Waals surface area (Å²) in [6.07, 6.45) is 3.35. The molecule has 0 aliphatic heterocycles. The Morgan fingerprint density at radius 2 is 1.57 bits per heavy atom. The number of rotatable bonds is 9. The van der Waals surface area contributed by atoms with E-state index in [9.17, 15) is 4.79 Å². The quantitative estimate of drug-likeness (QED) is 0.633. The van der Waals surface area contributed by atoms with E-state index in [1.54, 1.807) is 0 Å². The smallest absolute Gasteiger partial charge is 0.237 e. The van der Waals surface area contributed by atoms with Crippen LogP contribution in [-0.4, -0.2) is 43.0 Å². The number of hydrogen-bond donors (Lipinski definition) is 2. The molecule has 1 atom stereocenters. The highest BCUT2D eigenvalue weighted by Crippen LogP contribution is 2.16. The summed E-state index contributed by atoms with van der Waals surface area (Å²) in [5.41, 5.74) is 5.73. The minimum Gasteiger partial charge on any atom is -0.355 e. The van der Waals surface area contributed by atoms with Gasteiger partial charge >= 0.3 is 0 Å². The molecule has 0 saturated carbocycles. The molecule has 3 N–H and O–H groups in total. The van der Waals surface area contributed by atoms with Gasteiger partial charge in [0.1, 0.15) is 0 Å². The van der Waals surface area contributed by atoms with Crippen molar-refractivity contribution in [1.82, 2.24) is 10.2 Å². The summed E-state index contributed by atoms with van der Waals surface area (Å²) < 4.78 is 0. The molecule has 4 nitrogen and oxygen atoms in total. The van der Waals surface area contributed by atoms with Gasteiger partial charge in [0.2, 0.25) is 5.91 Å². The lowest BCUT2D eigenvalue weighted by Gasteiger charge is -2.26. The molecule has 0 radical (unpaired) electrons. The van der Waals surface area contributed by atoms with E-state index >= 15 is 0 Å². The Morgan fingerprint density at radius 1 is 1.10 bits per heavy atom. The zero-order valence-corrected chi connectivity index (χ0v) is 15.9. The lowest BCUT2D eigenvalue weighted by molar-refractivity contribution is -0.124. The summed E-state index contributed by atoms with van der Waals surface area (Å²) in [6.45, 7) is 14.4. The predicted molar refractivity (Wildman–Crippen MR) is 96.6 cm³/mol. The number of nitrogens with one attached hydrogen (secondary N) is 1. The van der Waals surface area contributed by atoms with E-state index in [1.165, 1.54) is 12.8 Å². The lowest BCUT2D eigenvalue weighted by Crippen LogP contribution is -2.49. The van der Waals surface area contributed by atoms with E-state index < -0.39 is 6.04 Å². The van der Waals surface area contributed by atoms with Crippen LogP contribution in [0.25, 0.3) is 0 Å². The topological polar surface area (TPSA) is 58.4 Å². The van der Waals surface area contributed by atoms with Crippen LogP contribution < -0.4 is 11.1 Å². The average molecular weight is 344 g/mol. The summed E-state index contributed by atoms with van der Waals surface area (Å²) >= 11 is 0. The van der Waals surface area contributed by atoms with Crippen molar-refractivity contribution < 1.29 is 4.79 Å². The third kappa shape index (κ3) is 12.2. The first-order chi connectivity index (χ1) is 8.82. The molecule has 6 heteroatoms. The van der Waals surface area contributed by atoms with Crippen LogP contribution in [0.2, 0.25) is 0 Å². The van der Waals surface area contributed by atoms with Crippen LogP contribution in [0, 0.1) is 5.41 Å². The fourth-order valence-electron chi connectivity index (χ4n) is 1.99. The SMILES string of the molecule is CCCN(CCC)CCCNC(=O)[C@@H](N)C(C)(C)C.Cl.Cl. The maximum absolute atomic E-state index is 11.8. The average Bonchev–Trinajstić information content (AvgIpc) is 2.32. The summed E-state index contributed by atoms with van der Waals surface area (Å²) in [5.74, 6) is -0.0370. The number of nitrogens with two attached hydrogens (primary N) is 1. The van der Waals surface area contributed by atoms with Crippen LogP contribution in [-0.2, 0) is 4.79 Å². The van der Waals surface area contributed by atoms with Crippen molar-refractivity contribution >= 4 is 30.7 Å². The standard InChI is InChI=1S/C15H33N3O.2ClH/c1-6-10-18(11-7-2)12-8-9-17-14(19)13(16)15(3,4)5;;/h13H,6-12,16H2,1-5H3,(H,17,19);2*1H/t13-;;/m1../s1. The maximum atomic E-state index is 11.8. The maximum Gasteiger partial charge on any atom is 0.237 e. The summed E-state index contributed by atoms with van der Waals surface area (Å²) in [4.78, 5) is 14.3. The molecule has 0 aliphatic rings. The van der Waals surface area contributed by atoms with Crippen molar-refractivity contribution in [3.8, 4) is 0 Å². The second-order valence-corrected chi connectivity index (χ2v) is 6.33. The fourth-order valence-corrected chi connectivity index (χ4v) is 1.99. The van der Waals surface area contributed by atoms with Gasteiger partial charge in [0.25, 0.3) is 0 Å². The van der Waals surface area contributed by atoms with Crippen LogP contribution >= 0.6 is 24.8 Å². The summed E-state index contributed by atoms with van der Waals surface area (Å²) in [7, 11) is 0. The van der Waals surface area contributed by atoms with E-state index in [0.29, 0.717) is 6.54 Å². The molecule has 0 fully saturated rings. The minimum atomic E-state index is -0.435. The molecule has 0 unspecified atom stereocenters. The van der Waals surface area contributed by atoms with Crippen molar-refractivity contribution in [1.29, 1.82) is 0 Å². The normalized spacial score (nSPS) is 12.3. The molecule has 21 heavy (non-hydrogen) atoms.